The molecule has 156 valence electrons. The number of nitrogens with one attached hydrogen (secondary N) is 3. The average Bonchev–Trinajstić information content (AvgIpc) is 2.75. The van der Waals surface area contributed by atoms with Crippen LogP contribution in [0.1, 0.15) is 47.9 Å². The molecule has 0 spiro atoms. The molecule has 0 heterocycles. The van der Waals surface area contributed by atoms with Crippen LogP contribution in [-0.2, 0) is 13.1 Å². The number of hydrogen-bond acceptors (Lipinski definition) is 4. The van der Waals surface area contributed by atoms with Gasteiger partial charge in [-0.25, -0.2) is 0 Å². The largest absolute Gasteiger partial charge is 0.384 e. The molecule has 29 heavy (non-hydrogen) atoms. The highest BCUT2D eigenvalue weighted by Crippen LogP contribution is 2.06. The van der Waals surface area contributed by atoms with Gasteiger partial charge in [-0.2, -0.15) is 0 Å². The molecule has 0 fully saturated rings. The van der Waals surface area contributed by atoms with E-state index in [1.165, 1.54) is 36.8 Å². The first kappa shape index (κ1) is 22.6. The average molecular weight is 395 g/mol. The molecular weight excluding hydrogens is 360 g/mol. The molecule has 0 aliphatic carbocycles. The number of unbranched alkanes of at least 4 members (excludes halogenated alkanes) is 3. The quantitative estimate of drug-likeness (QED) is 0.204. The van der Waals surface area contributed by atoms with Crippen molar-refractivity contribution in [2.24, 2.45) is 16.5 Å². The summed E-state index contributed by atoms with van der Waals surface area (Å²) in [7, 11) is 1.70. The minimum absolute atomic E-state index is 0.115. The highest BCUT2D eigenvalue weighted by Gasteiger charge is 1.99. The van der Waals surface area contributed by atoms with Crippen LogP contribution in [-0.4, -0.2) is 31.8 Å². The summed E-state index contributed by atoms with van der Waals surface area (Å²) >= 11 is 0. The third kappa shape index (κ3) is 8.46. The van der Waals surface area contributed by atoms with Gasteiger partial charge in [0.15, 0.2) is 0 Å². The Hall–Kier alpha value is -2.70. The molecule has 0 amide bonds. The second kappa shape index (κ2) is 12.7. The molecule has 0 aromatic heterocycles. The van der Waals surface area contributed by atoms with Gasteiger partial charge in [-0.05, 0) is 37.1 Å². The molecule has 0 bridgehead atoms. The van der Waals surface area contributed by atoms with E-state index in [1.54, 1.807) is 7.05 Å². The molecule has 2 aromatic carbocycles. The van der Waals surface area contributed by atoms with Gasteiger partial charge in [0.1, 0.15) is 11.7 Å². The molecule has 2 rings (SSSR count). The normalized spacial score (nSPS) is 11.6. The first-order valence-electron chi connectivity index (χ1n) is 10.3. The Bertz CT molecular complexity index is 765. The zero-order valence-electron chi connectivity index (χ0n) is 17.4. The summed E-state index contributed by atoms with van der Waals surface area (Å²) in [5, 5.41) is 14.4. The molecule has 0 aliphatic heterocycles. The van der Waals surface area contributed by atoms with Gasteiger partial charge in [0, 0.05) is 31.3 Å². The molecule has 0 saturated heterocycles. The third-order valence-corrected chi connectivity index (χ3v) is 4.87. The van der Waals surface area contributed by atoms with E-state index in [9.17, 15) is 0 Å². The van der Waals surface area contributed by atoms with Crippen molar-refractivity contribution >= 4 is 11.7 Å². The summed E-state index contributed by atoms with van der Waals surface area (Å²) in [6.07, 6.45) is 4.86. The molecule has 0 aliphatic rings. The predicted molar refractivity (Wildman–Crippen MR) is 122 cm³/mol. The van der Waals surface area contributed by atoms with Crippen molar-refractivity contribution in [3.8, 4) is 0 Å². The van der Waals surface area contributed by atoms with E-state index in [-0.39, 0.29) is 5.84 Å². The van der Waals surface area contributed by atoms with E-state index in [4.69, 9.17) is 16.9 Å². The third-order valence-electron chi connectivity index (χ3n) is 4.87. The van der Waals surface area contributed by atoms with E-state index in [0.29, 0.717) is 5.84 Å². The van der Waals surface area contributed by atoms with Crippen LogP contribution in [0.3, 0.4) is 0 Å². The van der Waals surface area contributed by atoms with Crippen LogP contribution in [0.5, 0.6) is 0 Å². The van der Waals surface area contributed by atoms with Crippen LogP contribution in [0.4, 0.5) is 0 Å². The Kier molecular flexibility index (Phi) is 9.89. The summed E-state index contributed by atoms with van der Waals surface area (Å²) < 4.78 is 0. The number of nitrogens with zero attached hydrogens (tertiary/aromatic N) is 1. The summed E-state index contributed by atoms with van der Waals surface area (Å²) in [6, 6.07) is 16.1. The monoisotopic (exact) mass is 394 g/mol. The van der Waals surface area contributed by atoms with Gasteiger partial charge in [-0.3, -0.25) is 10.4 Å². The molecule has 7 N–H and O–H groups in total. The minimum Gasteiger partial charge on any atom is -0.384 e. The lowest BCUT2D eigenvalue weighted by molar-refractivity contribution is 0.563. The van der Waals surface area contributed by atoms with E-state index in [2.05, 4.69) is 27.8 Å². The molecule has 6 heteroatoms. The van der Waals surface area contributed by atoms with Crippen molar-refractivity contribution in [1.82, 2.24) is 10.6 Å². The number of benzene rings is 2. The number of nitrogen functional groups attached to an aromatic ring is 1. The molecule has 0 radical (unpaired) electrons. The van der Waals surface area contributed by atoms with Crippen molar-refractivity contribution < 1.29 is 0 Å². The van der Waals surface area contributed by atoms with E-state index in [0.717, 1.165) is 37.3 Å². The Balaban J connectivity index is 1.46. The highest BCUT2D eigenvalue weighted by atomic mass is 14.9. The van der Waals surface area contributed by atoms with Gasteiger partial charge in [-0.1, -0.05) is 61.4 Å². The first-order valence-corrected chi connectivity index (χ1v) is 10.3. The summed E-state index contributed by atoms with van der Waals surface area (Å²) in [5.74, 6) is 0.689. The van der Waals surface area contributed by atoms with Gasteiger partial charge >= 0.3 is 0 Å². The van der Waals surface area contributed by atoms with Crippen molar-refractivity contribution in [2.45, 2.75) is 38.8 Å². The van der Waals surface area contributed by atoms with Crippen LogP contribution >= 0.6 is 0 Å². The van der Waals surface area contributed by atoms with Crippen molar-refractivity contribution in [3.63, 3.8) is 0 Å². The van der Waals surface area contributed by atoms with Gasteiger partial charge in [0.25, 0.3) is 0 Å². The summed E-state index contributed by atoms with van der Waals surface area (Å²) in [4.78, 5) is 4.00. The molecule has 2 aromatic rings. The van der Waals surface area contributed by atoms with Gasteiger partial charge < -0.3 is 22.1 Å². The molecule has 6 nitrogen and oxygen atoms in total. The SMILES string of the molecule is C/N=C(\N)c1ccc(CNCCCCCCNCc2ccc(C(=N)N)cc2)cc1. The number of aliphatic imine (C=N–C) groups is 1. The fourth-order valence-electron chi connectivity index (χ4n) is 3.04. The van der Waals surface area contributed by atoms with E-state index in [1.807, 2.05) is 36.4 Å². The van der Waals surface area contributed by atoms with Crippen molar-refractivity contribution in [2.75, 3.05) is 20.1 Å². The lowest BCUT2D eigenvalue weighted by atomic mass is 10.1. The number of nitrogens with two attached hydrogens (primary N) is 2. The lowest BCUT2D eigenvalue weighted by Crippen LogP contribution is -2.16. The number of amidine groups is 2. The van der Waals surface area contributed by atoms with Crippen molar-refractivity contribution in [3.05, 3.63) is 70.8 Å². The van der Waals surface area contributed by atoms with Gasteiger partial charge in [0.05, 0.1) is 0 Å². The van der Waals surface area contributed by atoms with Gasteiger partial charge in [-0.15, -0.1) is 0 Å². The second-order valence-electron chi connectivity index (χ2n) is 7.18. The van der Waals surface area contributed by atoms with Crippen molar-refractivity contribution in [1.29, 1.82) is 5.41 Å². The lowest BCUT2D eigenvalue weighted by Gasteiger charge is -2.07. The minimum atomic E-state index is 0.115. The Morgan fingerprint density at radius 2 is 1.21 bits per heavy atom. The highest BCUT2D eigenvalue weighted by molar-refractivity contribution is 5.97. The molecule has 0 unspecified atom stereocenters. The van der Waals surface area contributed by atoms with Crippen LogP contribution in [0, 0.1) is 5.41 Å². The number of hydrogen-bond donors (Lipinski definition) is 5. The predicted octanol–water partition coefficient (Wildman–Crippen LogP) is 2.75. The molecular formula is C23H34N6. The fraction of sp³-hybridized carbons (Fsp3) is 0.391. The maximum Gasteiger partial charge on any atom is 0.125 e. The van der Waals surface area contributed by atoms with E-state index < -0.39 is 0 Å². The maximum atomic E-state index is 7.40. The second-order valence-corrected chi connectivity index (χ2v) is 7.18. The standard InChI is InChI=1S/C23H34N6/c1-27-23(26)21-12-8-19(9-13-21)17-29-15-5-3-2-4-14-28-16-18-6-10-20(11-7-18)22(24)25/h6-13,28-29H,2-5,14-17H2,1H3,(H3,24,25)(H2,26,27). The summed E-state index contributed by atoms with van der Waals surface area (Å²) in [5.41, 5.74) is 15.5. The maximum absolute atomic E-state index is 7.40. The van der Waals surface area contributed by atoms with E-state index >= 15 is 0 Å². The fourth-order valence-corrected chi connectivity index (χ4v) is 3.04. The Labute approximate surface area is 174 Å². The van der Waals surface area contributed by atoms with Crippen LogP contribution < -0.4 is 22.1 Å². The van der Waals surface area contributed by atoms with Crippen LogP contribution in [0.25, 0.3) is 0 Å². The Morgan fingerprint density at radius 3 is 1.62 bits per heavy atom. The van der Waals surface area contributed by atoms with Gasteiger partial charge in [0.2, 0.25) is 0 Å². The van der Waals surface area contributed by atoms with Crippen LogP contribution in [0.2, 0.25) is 0 Å². The smallest absolute Gasteiger partial charge is 0.125 e. The topological polar surface area (TPSA) is 112 Å². The zero-order valence-corrected chi connectivity index (χ0v) is 17.4. The number of rotatable bonds is 13. The summed E-state index contributed by atoms with van der Waals surface area (Å²) in [6.45, 7) is 3.80. The Morgan fingerprint density at radius 1 is 0.759 bits per heavy atom. The zero-order chi connectivity index (χ0) is 20.9. The van der Waals surface area contributed by atoms with Crippen LogP contribution in [0.15, 0.2) is 53.5 Å². The molecule has 0 atom stereocenters. The first-order chi connectivity index (χ1) is 14.1. The molecule has 0 saturated carbocycles.